The standard InChI is InChI=1S/C11H15N3O4S/c1-3-18-10(17)5-4-8(16)14-11-12-6-9(19-11)13-7(2)15/h6H,3-5H2,1-2H3,(H,13,15)(H,12,14,16). The van der Waals surface area contributed by atoms with Gasteiger partial charge in [0, 0.05) is 13.3 Å². The first-order valence-electron chi connectivity index (χ1n) is 5.70. The summed E-state index contributed by atoms with van der Waals surface area (Å²) in [6, 6.07) is 0. The topological polar surface area (TPSA) is 97.4 Å². The summed E-state index contributed by atoms with van der Waals surface area (Å²) >= 11 is 1.14. The summed E-state index contributed by atoms with van der Waals surface area (Å²) in [4.78, 5) is 37.3. The Morgan fingerprint density at radius 1 is 1.32 bits per heavy atom. The normalized spacial score (nSPS) is 9.79. The van der Waals surface area contributed by atoms with Crippen molar-refractivity contribution in [1.29, 1.82) is 0 Å². The minimum Gasteiger partial charge on any atom is -0.466 e. The molecule has 0 fully saturated rings. The van der Waals surface area contributed by atoms with Crippen LogP contribution >= 0.6 is 11.3 Å². The molecule has 0 spiro atoms. The smallest absolute Gasteiger partial charge is 0.306 e. The van der Waals surface area contributed by atoms with Gasteiger partial charge < -0.3 is 15.4 Å². The number of amides is 2. The van der Waals surface area contributed by atoms with Crippen molar-refractivity contribution >= 4 is 39.3 Å². The fourth-order valence-corrected chi connectivity index (χ4v) is 1.97. The van der Waals surface area contributed by atoms with E-state index >= 15 is 0 Å². The van der Waals surface area contributed by atoms with Crippen LogP contribution in [0.15, 0.2) is 6.20 Å². The van der Waals surface area contributed by atoms with Crippen molar-refractivity contribution in [3.05, 3.63) is 6.20 Å². The molecule has 2 N–H and O–H groups in total. The molecule has 8 heteroatoms. The molecule has 0 aliphatic rings. The zero-order valence-electron chi connectivity index (χ0n) is 10.7. The average Bonchev–Trinajstić information content (AvgIpc) is 2.73. The van der Waals surface area contributed by atoms with Crippen LogP contribution in [0.25, 0.3) is 0 Å². The molecule has 0 aromatic carbocycles. The Labute approximate surface area is 114 Å². The number of nitrogens with zero attached hydrogens (tertiary/aromatic N) is 1. The van der Waals surface area contributed by atoms with Crippen molar-refractivity contribution in [3.63, 3.8) is 0 Å². The molecule has 1 aromatic heterocycles. The molecule has 7 nitrogen and oxygen atoms in total. The molecule has 1 heterocycles. The highest BCUT2D eigenvalue weighted by molar-refractivity contribution is 7.19. The number of hydrogen-bond donors (Lipinski definition) is 2. The monoisotopic (exact) mass is 285 g/mol. The highest BCUT2D eigenvalue weighted by atomic mass is 32.1. The van der Waals surface area contributed by atoms with Gasteiger partial charge in [-0.1, -0.05) is 11.3 Å². The third kappa shape index (κ3) is 5.96. The number of aromatic nitrogens is 1. The molecule has 0 saturated carbocycles. The summed E-state index contributed by atoms with van der Waals surface area (Å²) in [6.07, 6.45) is 1.52. The number of ether oxygens (including phenoxy) is 1. The van der Waals surface area contributed by atoms with Crippen LogP contribution in [0.1, 0.15) is 26.7 Å². The lowest BCUT2D eigenvalue weighted by molar-refractivity contribution is -0.144. The summed E-state index contributed by atoms with van der Waals surface area (Å²) < 4.78 is 4.71. The summed E-state index contributed by atoms with van der Waals surface area (Å²) in [5.74, 6) is -0.934. The largest absolute Gasteiger partial charge is 0.466 e. The number of esters is 1. The van der Waals surface area contributed by atoms with Crippen LogP contribution in [-0.4, -0.2) is 29.4 Å². The molecule has 0 aliphatic heterocycles. The number of hydrogen-bond acceptors (Lipinski definition) is 6. The van der Waals surface area contributed by atoms with Gasteiger partial charge in [-0.25, -0.2) is 4.98 Å². The average molecular weight is 285 g/mol. The van der Waals surface area contributed by atoms with E-state index in [-0.39, 0.29) is 24.7 Å². The fraction of sp³-hybridized carbons (Fsp3) is 0.455. The minimum atomic E-state index is -0.407. The molecule has 0 unspecified atom stereocenters. The van der Waals surface area contributed by atoms with Gasteiger partial charge in [0.1, 0.15) is 5.00 Å². The van der Waals surface area contributed by atoms with E-state index in [1.54, 1.807) is 6.92 Å². The first-order chi connectivity index (χ1) is 9.01. The van der Waals surface area contributed by atoms with Gasteiger partial charge in [-0.3, -0.25) is 14.4 Å². The zero-order valence-corrected chi connectivity index (χ0v) is 11.5. The quantitative estimate of drug-likeness (QED) is 0.770. The molecule has 0 radical (unpaired) electrons. The van der Waals surface area contributed by atoms with Gasteiger partial charge in [0.05, 0.1) is 19.2 Å². The second-order valence-corrected chi connectivity index (χ2v) is 4.59. The van der Waals surface area contributed by atoms with Gasteiger partial charge in [0.25, 0.3) is 0 Å². The highest BCUT2D eigenvalue weighted by Gasteiger charge is 2.10. The van der Waals surface area contributed by atoms with Crippen molar-refractivity contribution in [2.24, 2.45) is 0 Å². The van der Waals surface area contributed by atoms with Crippen LogP contribution in [-0.2, 0) is 19.1 Å². The Bertz CT molecular complexity index is 472. The van der Waals surface area contributed by atoms with Gasteiger partial charge in [-0.2, -0.15) is 0 Å². The van der Waals surface area contributed by atoms with E-state index < -0.39 is 5.97 Å². The van der Waals surface area contributed by atoms with Crippen LogP contribution in [0, 0.1) is 0 Å². The molecule has 1 aromatic rings. The SMILES string of the molecule is CCOC(=O)CCC(=O)Nc1ncc(NC(C)=O)s1. The summed E-state index contributed by atoms with van der Waals surface area (Å²) in [7, 11) is 0. The van der Waals surface area contributed by atoms with E-state index in [1.165, 1.54) is 13.1 Å². The van der Waals surface area contributed by atoms with Crippen LogP contribution < -0.4 is 10.6 Å². The maximum atomic E-state index is 11.5. The Balaban J connectivity index is 2.38. The third-order valence-electron chi connectivity index (χ3n) is 1.91. The van der Waals surface area contributed by atoms with Crippen LogP contribution in [0.4, 0.5) is 10.1 Å². The van der Waals surface area contributed by atoms with Crippen molar-refractivity contribution in [3.8, 4) is 0 Å². The van der Waals surface area contributed by atoms with E-state index in [0.29, 0.717) is 16.7 Å². The van der Waals surface area contributed by atoms with Crippen molar-refractivity contribution in [2.45, 2.75) is 26.7 Å². The predicted molar refractivity (Wildman–Crippen MR) is 70.9 cm³/mol. The molecule has 0 saturated heterocycles. The van der Waals surface area contributed by atoms with E-state index in [0.717, 1.165) is 11.3 Å². The molecule has 1 rings (SSSR count). The van der Waals surface area contributed by atoms with E-state index in [4.69, 9.17) is 4.74 Å². The maximum absolute atomic E-state index is 11.5. The van der Waals surface area contributed by atoms with Gasteiger partial charge >= 0.3 is 5.97 Å². The molecule has 104 valence electrons. The molecule has 0 bridgehead atoms. The molecule has 0 atom stereocenters. The predicted octanol–water partition coefficient (Wildman–Crippen LogP) is 1.38. The second-order valence-electron chi connectivity index (χ2n) is 3.56. The Hall–Kier alpha value is -1.96. The lowest BCUT2D eigenvalue weighted by atomic mass is 10.3. The van der Waals surface area contributed by atoms with Gasteiger partial charge in [0.2, 0.25) is 11.8 Å². The number of nitrogens with one attached hydrogen (secondary N) is 2. The number of carbonyl (C=O) groups excluding carboxylic acids is 3. The van der Waals surface area contributed by atoms with Crippen LogP contribution in [0.5, 0.6) is 0 Å². The molecular weight excluding hydrogens is 270 g/mol. The maximum Gasteiger partial charge on any atom is 0.306 e. The number of anilines is 2. The number of rotatable bonds is 6. The number of carbonyl (C=O) groups is 3. The van der Waals surface area contributed by atoms with Gasteiger partial charge in [-0.05, 0) is 6.92 Å². The molecule has 2 amide bonds. The van der Waals surface area contributed by atoms with E-state index in [1.807, 2.05) is 0 Å². The first-order valence-corrected chi connectivity index (χ1v) is 6.51. The van der Waals surface area contributed by atoms with Crippen molar-refractivity contribution in [1.82, 2.24) is 4.98 Å². The fourth-order valence-electron chi connectivity index (χ4n) is 1.19. The highest BCUT2D eigenvalue weighted by Crippen LogP contribution is 2.23. The molecule has 19 heavy (non-hydrogen) atoms. The molecular formula is C11H15N3O4S. The zero-order chi connectivity index (χ0) is 14.3. The number of thiazole rings is 1. The summed E-state index contributed by atoms with van der Waals surface area (Å²) in [6.45, 7) is 3.39. The summed E-state index contributed by atoms with van der Waals surface area (Å²) in [5.41, 5.74) is 0. The van der Waals surface area contributed by atoms with E-state index in [2.05, 4.69) is 15.6 Å². The van der Waals surface area contributed by atoms with Crippen LogP contribution in [0.3, 0.4) is 0 Å². The van der Waals surface area contributed by atoms with E-state index in [9.17, 15) is 14.4 Å². The lowest BCUT2D eigenvalue weighted by Gasteiger charge is -2.02. The second kappa shape index (κ2) is 7.47. The Kier molecular flexibility index (Phi) is 5.94. The molecule has 0 aliphatic carbocycles. The Morgan fingerprint density at radius 2 is 2.05 bits per heavy atom. The van der Waals surface area contributed by atoms with Crippen molar-refractivity contribution < 1.29 is 19.1 Å². The van der Waals surface area contributed by atoms with Crippen LogP contribution in [0.2, 0.25) is 0 Å². The summed E-state index contributed by atoms with van der Waals surface area (Å²) in [5, 5.41) is 6.02. The van der Waals surface area contributed by atoms with Gasteiger partial charge in [0.15, 0.2) is 5.13 Å². The van der Waals surface area contributed by atoms with Gasteiger partial charge in [-0.15, -0.1) is 0 Å². The Morgan fingerprint density at radius 3 is 2.68 bits per heavy atom. The third-order valence-corrected chi connectivity index (χ3v) is 2.74. The first kappa shape index (κ1) is 15.1. The lowest BCUT2D eigenvalue weighted by Crippen LogP contribution is -2.14. The van der Waals surface area contributed by atoms with Crippen molar-refractivity contribution in [2.75, 3.05) is 17.2 Å². The minimum absolute atomic E-state index is 0.0314.